The van der Waals surface area contributed by atoms with Crippen LogP contribution < -0.4 is 5.32 Å². The molecule has 1 aliphatic rings. The lowest BCUT2D eigenvalue weighted by molar-refractivity contribution is 0.0453. The number of rotatable bonds is 2. The third kappa shape index (κ3) is 2.47. The van der Waals surface area contributed by atoms with E-state index in [9.17, 15) is 4.79 Å². The highest BCUT2D eigenvalue weighted by molar-refractivity contribution is 5.57. The van der Waals surface area contributed by atoms with Gasteiger partial charge in [-0.3, -0.25) is 5.32 Å². The SMILES string of the molecule is O=C(O)OC1CC(c2ccccc2)CN1. The summed E-state index contributed by atoms with van der Waals surface area (Å²) < 4.78 is 4.67. The van der Waals surface area contributed by atoms with Crippen LogP contribution in [-0.4, -0.2) is 24.0 Å². The summed E-state index contributed by atoms with van der Waals surface area (Å²) in [6, 6.07) is 10.0. The van der Waals surface area contributed by atoms with E-state index in [2.05, 4.69) is 22.2 Å². The molecule has 2 unspecified atom stereocenters. The van der Waals surface area contributed by atoms with Crippen LogP contribution in [0.5, 0.6) is 0 Å². The normalized spacial score (nSPS) is 25.1. The highest BCUT2D eigenvalue weighted by Gasteiger charge is 2.27. The second kappa shape index (κ2) is 4.31. The Kier molecular flexibility index (Phi) is 2.87. The summed E-state index contributed by atoms with van der Waals surface area (Å²) in [5.74, 6) is 0.343. The number of carboxylic acid groups (broad SMARTS) is 1. The van der Waals surface area contributed by atoms with Gasteiger partial charge >= 0.3 is 6.16 Å². The van der Waals surface area contributed by atoms with E-state index in [0.717, 1.165) is 6.54 Å². The largest absolute Gasteiger partial charge is 0.507 e. The summed E-state index contributed by atoms with van der Waals surface area (Å²) in [5.41, 5.74) is 1.22. The Morgan fingerprint density at radius 1 is 1.40 bits per heavy atom. The van der Waals surface area contributed by atoms with Crippen LogP contribution in [0.1, 0.15) is 17.9 Å². The van der Waals surface area contributed by atoms with Gasteiger partial charge in [-0.05, 0) is 5.56 Å². The van der Waals surface area contributed by atoms with Crippen molar-refractivity contribution in [3.63, 3.8) is 0 Å². The molecule has 4 heteroatoms. The molecule has 0 aromatic heterocycles. The molecule has 2 rings (SSSR count). The number of ether oxygens (including phenoxy) is 1. The van der Waals surface area contributed by atoms with Gasteiger partial charge in [0.25, 0.3) is 0 Å². The molecule has 1 aliphatic heterocycles. The first-order chi connectivity index (χ1) is 7.25. The molecule has 4 nitrogen and oxygen atoms in total. The molecule has 1 saturated heterocycles. The minimum absolute atomic E-state index is 0.343. The van der Waals surface area contributed by atoms with Crippen LogP contribution in [0.25, 0.3) is 0 Å². The summed E-state index contributed by atoms with van der Waals surface area (Å²) in [6.45, 7) is 0.766. The van der Waals surface area contributed by atoms with Gasteiger partial charge in [-0.2, -0.15) is 0 Å². The van der Waals surface area contributed by atoms with E-state index >= 15 is 0 Å². The monoisotopic (exact) mass is 207 g/mol. The van der Waals surface area contributed by atoms with E-state index in [1.807, 2.05) is 18.2 Å². The summed E-state index contributed by atoms with van der Waals surface area (Å²) in [5, 5.41) is 11.5. The van der Waals surface area contributed by atoms with E-state index in [1.54, 1.807) is 0 Å². The number of hydrogen-bond acceptors (Lipinski definition) is 3. The molecule has 0 amide bonds. The van der Waals surface area contributed by atoms with Crippen LogP contribution in [0.4, 0.5) is 4.79 Å². The van der Waals surface area contributed by atoms with Crippen molar-refractivity contribution in [3.05, 3.63) is 35.9 Å². The van der Waals surface area contributed by atoms with E-state index in [4.69, 9.17) is 5.11 Å². The quantitative estimate of drug-likeness (QED) is 0.726. The Balaban J connectivity index is 1.96. The Hall–Kier alpha value is -1.55. The minimum Gasteiger partial charge on any atom is -0.450 e. The zero-order chi connectivity index (χ0) is 10.7. The highest BCUT2D eigenvalue weighted by Crippen LogP contribution is 2.25. The van der Waals surface area contributed by atoms with Gasteiger partial charge in [0.15, 0.2) is 6.23 Å². The Labute approximate surface area is 87.9 Å². The number of benzene rings is 1. The third-order valence-corrected chi connectivity index (χ3v) is 2.60. The van der Waals surface area contributed by atoms with Crippen molar-refractivity contribution in [1.29, 1.82) is 0 Å². The average Bonchev–Trinajstić information content (AvgIpc) is 2.67. The predicted octanol–water partition coefficient (Wildman–Crippen LogP) is 1.78. The predicted molar refractivity (Wildman–Crippen MR) is 54.7 cm³/mol. The first kappa shape index (κ1) is 9.98. The molecular weight excluding hydrogens is 194 g/mol. The number of hydrogen-bond donors (Lipinski definition) is 2. The Morgan fingerprint density at radius 3 is 2.80 bits per heavy atom. The number of carbonyl (C=O) groups is 1. The fourth-order valence-corrected chi connectivity index (χ4v) is 1.89. The zero-order valence-electron chi connectivity index (χ0n) is 8.22. The lowest BCUT2D eigenvalue weighted by Gasteiger charge is -2.09. The lowest BCUT2D eigenvalue weighted by Crippen LogP contribution is -2.26. The molecule has 1 aromatic carbocycles. The summed E-state index contributed by atoms with van der Waals surface area (Å²) in [6.07, 6.45) is -0.884. The Bertz CT molecular complexity index is 339. The standard InChI is InChI=1S/C11H13NO3/c13-11(14)15-10-6-9(7-12-10)8-4-2-1-3-5-8/h1-5,9-10,12H,6-7H2,(H,13,14). The molecule has 0 saturated carbocycles. The van der Waals surface area contributed by atoms with E-state index in [-0.39, 0.29) is 6.23 Å². The van der Waals surface area contributed by atoms with Gasteiger partial charge in [-0.25, -0.2) is 4.79 Å². The topological polar surface area (TPSA) is 58.6 Å². The first-order valence-corrected chi connectivity index (χ1v) is 4.93. The van der Waals surface area contributed by atoms with E-state index < -0.39 is 6.16 Å². The van der Waals surface area contributed by atoms with Gasteiger partial charge in [0.05, 0.1) is 0 Å². The molecular formula is C11H13NO3. The minimum atomic E-state index is -1.22. The maximum absolute atomic E-state index is 10.3. The summed E-state index contributed by atoms with van der Waals surface area (Å²) in [4.78, 5) is 10.3. The van der Waals surface area contributed by atoms with Crippen molar-refractivity contribution in [1.82, 2.24) is 5.32 Å². The molecule has 1 heterocycles. The van der Waals surface area contributed by atoms with Crippen LogP contribution in [0, 0.1) is 0 Å². The van der Waals surface area contributed by atoms with Crippen LogP contribution in [0.2, 0.25) is 0 Å². The van der Waals surface area contributed by atoms with Gasteiger partial charge < -0.3 is 9.84 Å². The third-order valence-electron chi connectivity index (χ3n) is 2.60. The van der Waals surface area contributed by atoms with E-state index in [1.165, 1.54) is 5.56 Å². The van der Waals surface area contributed by atoms with Crippen LogP contribution in [0.15, 0.2) is 30.3 Å². The molecule has 80 valence electrons. The van der Waals surface area contributed by atoms with Crippen molar-refractivity contribution in [2.45, 2.75) is 18.6 Å². The van der Waals surface area contributed by atoms with Gasteiger partial charge in [0.2, 0.25) is 0 Å². The molecule has 0 bridgehead atoms. The van der Waals surface area contributed by atoms with Crippen molar-refractivity contribution in [2.75, 3.05) is 6.54 Å². The number of nitrogens with one attached hydrogen (secondary N) is 1. The van der Waals surface area contributed by atoms with Crippen LogP contribution in [0.3, 0.4) is 0 Å². The Morgan fingerprint density at radius 2 is 2.13 bits per heavy atom. The van der Waals surface area contributed by atoms with Crippen LogP contribution >= 0.6 is 0 Å². The summed E-state index contributed by atoms with van der Waals surface area (Å²) in [7, 11) is 0. The fourth-order valence-electron chi connectivity index (χ4n) is 1.89. The maximum Gasteiger partial charge on any atom is 0.507 e. The van der Waals surface area contributed by atoms with Crippen molar-refractivity contribution >= 4 is 6.16 Å². The molecule has 2 N–H and O–H groups in total. The highest BCUT2D eigenvalue weighted by atomic mass is 16.7. The van der Waals surface area contributed by atoms with Gasteiger partial charge in [0.1, 0.15) is 0 Å². The smallest absolute Gasteiger partial charge is 0.450 e. The molecule has 0 radical (unpaired) electrons. The zero-order valence-corrected chi connectivity index (χ0v) is 8.22. The molecule has 15 heavy (non-hydrogen) atoms. The van der Waals surface area contributed by atoms with Crippen molar-refractivity contribution < 1.29 is 14.6 Å². The van der Waals surface area contributed by atoms with Gasteiger partial charge in [-0.1, -0.05) is 30.3 Å². The first-order valence-electron chi connectivity index (χ1n) is 4.93. The van der Waals surface area contributed by atoms with Gasteiger partial charge in [-0.15, -0.1) is 0 Å². The van der Waals surface area contributed by atoms with Crippen molar-refractivity contribution in [2.24, 2.45) is 0 Å². The molecule has 1 fully saturated rings. The summed E-state index contributed by atoms with van der Waals surface area (Å²) >= 11 is 0. The second-order valence-electron chi connectivity index (χ2n) is 3.62. The molecule has 0 aliphatic carbocycles. The second-order valence-corrected chi connectivity index (χ2v) is 3.62. The molecule has 1 aromatic rings. The maximum atomic E-state index is 10.3. The average molecular weight is 207 g/mol. The van der Waals surface area contributed by atoms with Crippen LogP contribution in [-0.2, 0) is 4.74 Å². The lowest BCUT2D eigenvalue weighted by atomic mass is 9.98. The van der Waals surface area contributed by atoms with Crippen molar-refractivity contribution in [3.8, 4) is 0 Å². The molecule has 0 spiro atoms. The molecule has 2 atom stereocenters. The van der Waals surface area contributed by atoms with Gasteiger partial charge in [0, 0.05) is 18.9 Å². The van der Waals surface area contributed by atoms with E-state index in [0.29, 0.717) is 12.3 Å². The fraction of sp³-hybridized carbons (Fsp3) is 0.364.